The summed E-state index contributed by atoms with van der Waals surface area (Å²) in [6.45, 7) is 8.30. The number of hydrogen-bond donors (Lipinski definition) is 0. The molecule has 0 heterocycles. The van der Waals surface area contributed by atoms with Gasteiger partial charge in [0.2, 0.25) is 0 Å². The van der Waals surface area contributed by atoms with E-state index in [-0.39, 0.29) is 14.1 Å². The molecule has 0 aliphatic heterocycles. The molecule has 0 aromatic rings. The van der Waals surface area contributed by atoms with Crippen LogP contribution in [0.1, 0.15) is 13.3 Å². The Labute approximate surface area is 80.9 Å². The molecule has 0 saturated heterocycles. The van der Waals surface area contributed by atoms with Gasteiger partial charge in [-0.3, -0.25) is 0 Å². The fourth-order valence-corrected chi connectivity index (χ4v) is 1.92. The normalized spacial score (nSPS) is 12.2. The van der Waals surface area contributed by atoms with Crippen molar-refractivity contribution < 1.29 is 14.1 Å². The maximum Gasteiger partial charge on any atom is 0.330 e. The van der Waals surface area contributed by atoms with Gasteiger partial charge < -0.3 is 9.26 Å². The topological polar surface area (TPSA) is 35.5 Å². The monoisotopic (exact) mass is 204 g/mol. The van der Waals surface area contributed by atoms with Gasteiger partial charge in [-0.05, 0) is 12.8 Å². The van der Waals surface area contributed by atoms with Gasteiger partial charge >= 0.3 is 5.97 Å². The smallest absolute Gasteiger partial charge is 0.330 e. The molecule has 0 spiro atoms. The van der Waals surface area contributed by atoms with Crippen LogP contribution in [0.15, 0.2) is 12.7 Å². The van der Waals surface area contributed by atoms with Crippen LogP contribution in [0.2, 0.25) is 0 Å². The minimum atomic E-state index is -0.389. The molecule has 0 bridgehead atoms. The first-order valence-corrected chi connectivity index (χ1v) is 6.23. The van der Waals surface area contributed by atoms with Crippen LogP contribution < -0.4 is 0 Å². The molecule has 0 N–H and O–H groups in total. The summed E-state index contributed by atoms with van der Waals surface area (Å²) in [5.41, 5.74) is 0. The van der Waals surface area contributed by atoms with Crippen molar-refractivity contribution in [2.45, 2.75) is 13.3 Å². The first kappa shape index (κ1) is 12.6. The van der Waals surface area contributed by atoms with Crippen molar-refractivity contribution in [2.24, 2.45) is 0 Å². The molecule has 0 amide bonds. The van der Waals surface area contributed by atoms with E-state index in [9.17, 15) is 4.79 Å². The fraction of sp³-hybridized carbons (Fsp3) is 0.667. The van der Waals surface area contributed by atoms with Crippen LogP contribution in [0.3, 0.4) is 0 Å². The average Bonchev–Trinajstić information content (AvgIpc) is 2.12. The predicted molar refractivity (Wildman–Crippen MR) is 55.1 cm³/mol. The van der Waals surface area contributed by atoms with Crippen molar-refractivity contribution in [3.63, 3.8) is 0 Å². The summed E-state index contributed by atoms with van der Waals surface area (Å²) in [4.78, 5) is 10.6. The SMILES string of the molecule is C=CC(=O)OCCOP(C)CCC. The van der Waals surface area contributed by atoms with Crippen LogP contribution in [0, 0.1) is 0 Å². The van der Waals surface area contributed by atoms with Crippen LogP contribution in [0.4, 0.5) is 0 Å². The molecule has 1 atom stereocenters. The summed E-state index contributed by atoms with van der Waals surface area (Å²) in [7, 11) is -0.333. The molecule has 0 saturated carbocycles. The Hall–Kier alpha value is -0.400. The zero-order chi connectivity index (χ0) is 10.1. The first-order chi connectivity index (χ1) is 6.20. The van der Waals surface area contributed by atoms with Gasteiger partial charge in [-0.25, -0.2) is 4.79 Å². The number of carbonyl (C=O) groups excluding carboxylic acids is 1. The highest BCUT2D eigenvalue weighted by Gasteiger charge is 2.00. The number of carbonyl (C=O) groups is 1. The standard InChI is InChI=1S/C9H17O3P/c1-4-8-13(3)12-7-6-11-9(10)5-2/h5H,2,4,6-8H2,1,3H3. The Kier molecular flexibility index (Phi) is 7.96. The lowest BCUT2D eigenvalue weighted by molar-refractivity contribution is -0.138. The zero-order valence-corrected chi connectivity index (χ0v) is 9.18. The predicted octanol–water partition coefficient (Wildman–Crippen LogP) is 2.17. The molecule has 0 aliphatic rings. The lowest BCUT2D eigenvalue weighted by atomic mass is 10.6. The summed E-state index contributed by atoms with van der Waals surface area (Å²) in [6, 6.07) is 0. The van der Waals surface area contributed by atoms with Crippen molar-refractivity contribution in [3.8, 4) is 0 Å². The van der Waals surface area contributed by atoms with Crippen molar-refractivity contribution >= 4 is 14.1 Å². The molecule has 3 nitrogen and oxygen atoms in total. The van der Waals surface area contributed by atoms with E-state index in [4.69, 9.17) is 9.26 Å². The van der Waals surface area contributed by atoms with Crippen LogP contribution >= 0.6 is 8.15 Å². The molecule has 0 fully saturated rings. The van der Waals surface area contributed by atoms with E-state index in [1.165, 1.54) is 0 Å². The molecular formula is C9H17O3P. The number of rotatable bonds is 7. The van der Waals surface area contributed by atoms with Gasteiger partial charge in [0.15, 0.2) is 0 Å². The summed E-state index contributed by atoms with van der Waals surface area (Å²) >= 11 is 0. The average molecular weight is 204 g/mol. The number of hydrogen-bond acceptors (Lipinski definition) is 3. The van der Waals surface area contributed by atoms with Gasteiger partial charge in [-0.15, -0.1) is 0 Å². The van der Waals surface area contributed by atoms with Gasteiger partial charge in [0, 0.05) is 14.2 Å². The molecular weight excluding hydrogens is 187 g/mol. The summed E-state index contributed by atoms with van der Waals surface area (Å²) in [5, 5.41) is 0. The lowest BCUT2D eigenvalue weighted by Crippen LogP contribution is -2.06. The molecule has 0 radical (unpaired) electrons. The van der Waals surface area contributed by atoms with E-state index in [0.29, 0.717) is 13.2 Å². The minimum absolute atomic E-state index is 0.321. The fourth-order valence-electron chi connectivity index (χ4n) is 0.774. The van der Waals surface area contributed by atoms with Gasteiger partial charge in [-0.2, -0.15) is 0 Å². The molecule has 0 aromatic carbocycles. The first-order valence-electron chi connectivity index (χ1n) is 4.34. The van der Waals surface area contributed by atoms with E-state index < -0.39 is 0 Å². The molecule has 76 valence electrons. The van der Waals surface area contributed by atoms with Crippen molar-refractivity contribution in [3.05, 3.63) is 12.7 Å². The third kappa shape index (κ3) is 7.94. The van der Waals surface area contributed by atoms with Crippen molar-refractivity contribution in [1.82, 2.24) is 0 Å². The second-order valence-electron chi connectivity index (χ2n) is 2.56. The van der Waals surface area contributed by atoms with Gasteiger partial charge in [0.05, 0.1) is 6.61 Å². The summed E-state index contributed by atoms with van der Waals surface area (Å²) < 4.78 is 10.2. The van der Waals surface area contributed by atoms with Gasteiger partial charge in [0.25, 0.3) is 0 Å². The molecule has 0 aliphatic carbocycles. The van der Waals surface area contributed by atoms with Crippen molar-refractivity contribution in [2.75, 3.05) is 26.0 Å². The second-order valence-corrected chi connectivity index (χ2v) is 4.52. The minimum Gasteiger partial charge on any atom is -0.460 e. The summed E-state index contributed by atoms with van der Waals surface area (Å²) in [5.74, 6) is -0.389. The number of ether oxygens (including phenoxy) is 1. The summed E-state index contributed by atoms with van der Waals surface area (Å²) in [6.07, 6.45) is 3.39. The third-order valence-electron chi connectivity index (χ3n) is 1.34. The van der Waals surface area contributed by atoms with Crippen molar-refractivity contribution in [1.29, 1.82) is 0 Å². The molecule has 1 unspecified atom stereocenters. The van der Waals surface area contributed by atoms with Crippen LogP contribution in [-0.2, 0) is 14.1 Å². The van der Waals surface area contributed by atoms with Gasteiger partial charge in [0.1, 0.15) is 6.61 Å². The van der Waals surface area contributed by atoms with E-state index in [0.717, 1.165) is 18.7 Å². The van der Waals surface area contributed by atoms with E-state index in [2.05, 4.69) is 20.2 Å². The second kappa shape index (κ2) is 8.21. The maximum atomic E-state index is 10.6. The zero-order valence-electron chi connectivity index (χ0n) is 8.28. The lowest BCUT2D eigenvalue weighted by Gasteiger charge is -2.11. The Bertz CT molecular complexity index is 159. The van der Waals surface area contributed by atoms with E-state index in [1.54, 1.807) is 0 Å². The van der Waals surface area contributed by atoms with E-state index in [1.807, 2.05) is 0 Å². The highest BCUT2D eigenvalue weighted by molar-refractivity contribution is 7.51. The van der Waals surface area contributed by atoms with Crippen LogP contribution in [0.5, 0.6) is 0 Å². The maximum absolute atomic E-state index is 10.6. The number of esters is 1. The molecule has 0 aromatic heterocycles. The third-order valence-corrected chi connectivity index (χ3v) is 3.04. The molecule has 13 heavy (non-hydrogen) atoms. The van der Waals surface area contributed by atoms with E-state index >= 15 is 0 Å². The molecule has 4 heteroatoms. The van der Waals surface area contributed by atoms with Crippen LogP contribution in [-0.4, -0.2) is 32.0 Å². The molecule has 0 rings (SSSR count). The quantitative estimate of drug-likeness (QED) is 0.276. The largest absolute Gasteiger partial charge is 0.460 e. The highest BCUT2D eigenvalue weighted by Crippen LogP contribution is 2.31. The highest BCUT2D eigenvalue weighted by atomic mass is 31.1. The Morgan fingerprint density at radius 2 is 2.23 bits per heavy atom. The Morgan fingerprint density at radius 1 is 1.54 bits per heavy atom. The Morgan fingerprint density at radius 3 is 2.77 bits per heavy atom. The Balaban J connectivity index is 3.24. The van der Waals surface area contributed by atoms with Crippen LogP contribution in [0.25, 0.3) is 0 Å². The van der Waals surface area contributed by atoms with Gasteiger partial charge in [-0.1, -0.05) is 19.9 Å².